The van der Waals surface area contributed by atoms with Crippen molar-refractivity contribution in [1.29, 1.82) is 0 Å². The van der Waals surface area contributed by atoms with Gasteiger partial charge < -0.3 is 10.2 Å². The van der Waals surface area contributed by atoms with E-state index in [1.807, 2.05) is 18.2 Å². The molecule has 2 N–H and O–H groups in total. The first kappa shape index (κ1) is 21.3. The Labute approximate surface area is 164 Å². The number of likely N-dealkylation sites (tertiary alicyclic amines) is 1. The number of piperidine rings is 1. The Morgan fingerprint density at radius 3 is 2.62 bits per heavy atom. The van der Waals surface area contributed by atoms with Crippen molar-refractivity contribution >= 4 is 31.9 Å². The van der Waals surface area contributed by atoms with Gasteiger partial charge >= 0.3 is 0 Å². The van der Waals surface area contributed by atoms with Crippen LogP contribution in [0.1, 0.15) is 37.0 Å². The van der Waals surface area contributed by atoms with E-state index in [9.17, 15) is 13.2 Å². The van der Waals surface area contributed by atoms with Crippen LogP contribution in [-0.2, 0) is 10.0 Å². The highest BCUT2D eigenvalue weighted by molar-refractivity contribution is 9.10. The number of hydrogen-bond acceptors (Lipinski definition) is 4. The third kappa shape index (κ3) is 6.64. The van der Waals surface area contributed by atoms with Crippen molar-refractivity contribution in [2.24, 2.45) is 5.92 Å². The van der Waals surface area contributed by atoms with Crippen molar-refractivity contribution in [3.63, 3.8) is 0 Å². The summed E-state index contributed by atoms with van der Waals surface area (Å²) in [6.45, 7) is 7.07. The first-order valence-electron chi connectivity index (χ1n) is 9.02. The highest BCUT2D eigenvalue weighted by atomic mass is 79.9. The van der Waals surface area contributed by atoms with Gasteiger partial charge in [0.2, 0.25) is 10.0 Å². The summed E-state index contributed by atoms with van der Waals surface area (Å²) in [6, 6.07) is 7.37. The zero-order valence-electron chi connectivity index (χ0n) is 15.4. The molecule has 0 aliphatic carbocycles. The molecular formula is C18H28BrN3O3S. The first-order valence-corrected chi connectivity index (χ1v) is 11.4. The zero-order chi connectivity index (χ0) is 19.2. The fourth-order valence-electron chi connectivity index (χ4n) is 2.90. The number of carbonyl (C=O) groups excluding carboxylic acids is 1. The predicted molar refractivity (Wildman–Crippen MR) is 108 cm³/mol. The Bertz CT molecular complexity index is 701. The molecule has 1 heterocycles. The van der Waals surface area contributed by atoms with Crippen LogP contribution in [0.4, 0.5) is 0 Å². The van der Waals surface area contributed by atoms with E-state index in [0.717, 1.165) is 36.9 Å². The monoisotopic (exact) mass is 445 g/mol. The van der Waals surface area contributed by atoms with Gasteiger partial charge in [0.25, 0.3) is 5.91 Å². The van der Waals surface area contributed by atoms with Crippen LogP contribution in [0.5, 0.6) is 0 Å². The maximum atomic E-state index is 12.2. The van der Waals surface area contributed by atoms with Crippen LogP contribution in [0.3, 0.4) is 0 Å². The quantitative estimate of drug-likeness (QED) is 0.642. The molecule has 6 nitrogen and oxygen atoms in total. The van der Waals surface area contributed by atoms with Gasteiger partial charge in [-0.05, 0) is 63.9 Å². The van der Waals surface area contributed by atoms with Gasteiger partial charge in [-0.3, -0.25) is 4.79 Å². The van der Waals surface area contributed by atoms with Crippen LogP contribution in [0, 0.1) is 5.92 Å². The number of halogens is 1. The zero-order valence-corrected chi connectivity index (χ0v) is 17.8. The van der Waals surface area contributed by atoms with Gasteiger partial charge in [-0.1, -0.05) is 22.0 Å². The van der Waals surface area contributed by atoms with Crippen LogP contribution in [-0.4, -0.2) is 57.2 Å². The molecule has 1 aromatic rings. The van der Waals surface area contributed by atoms with Gasteiger partial charge in [-0.15, -0.1) is 0 Å². The number of hydrogen-bond donors (Lipinski definition) is 2. The molecule has 0 unspecified atom stereocenters. The van der Waals surface area contributed by atoms with Crippen molar-refractivity contribution < 1.29 is 13.2 Å². The van der Waals surface area contributed by atoms with Gasteiger partial charge in [0.1, 0.15) is 0 Å². The molecule has 0 aromatic heterocycles. The smallest absolute Gasteiger partial charge is 0.251 e. The number of benzene rings is 1. The highest BCUT2D eigenvalue weighted by Gasteiger charge is 2.21. The molecule has 1 amide bonds. The van der Waals surface area contributed by atoms with E-state index < -0.39 is 15.3 Å². The van der Waals surface area contributed by atoms with Crippen molar-refractivity contribution in [2.75, 3.05) is 32.7 Å². The summed E-state index contributed by atoms with van der Waals surface area (Å²) in [5.74, 6) is 0.423. The summed E-state index contributed by atoms with van der Waals surface area (Å²) in [5, 5.41) is 2.62. The maximum Gasteiger partial charge on any atom is 0.251 e. The van der Waals surface area contributed by atoms with E-state index in [0.29, 0.717) is 24.6 Å². The lowest BCUT2D eigenvalue weighted by Gasteiger charge is -2.32. The van der Waals surface area contributed by atoms with Gasteiger partial charge in [0, 0.05) is 29.7 Å². The van der Waals surface area contributed by atoms with Crippen LogP contribution in [0.2, 0.25) is 0 Å². The third-order valence-electron chi connectivity index (χ3n) is 4.70. The van der Waals surface area contributed by atoms with Gasteiger partial charge in [0.15, 0.2) is 0 Å². The molecule has 1 saturated heterocycles. The average molecular weight is 446 g/mol. The predicted octanol–water partition coefficient (Wildman–Crippen LogP) is 2.22. The second-order valence-electron chi connectivity index (χ2n) is 6.99. The summed E-state index contributed by atoms with van der Waals surface area (Å²) in [7, 11) is -3.18. The van der Waals surface area contributed by atoms with Gasteiger partial charge in [-0.25, -0.2) is 13.1 Å². The van der Waals surface area contributed by atoms with E-state index >= 15 is 0 Å². The molecule has 1 fully saturated rings. The molecule has 146 valence electrons. The average Bonchev–Trinajstić information content (AvgIpc) is 2.60. The minimum Gasteiger partial charge on any atom is -0.352 e. The summed E-state index contributed by atoms with van der Waals surface area (Å²) < 4.78 is 27.0. The summed E-state index contributed by atoms with van der Waals surface area (Å²) in [5.41, 5.74) is 0.661. The Kier molecular flexibility index (Phi) is 8.06. The fraction of sp³-hybridized carbons (Fsp3) is 0.611. The number of rotatable bonds is 8. The number of amides is 1. The van der Waals surface area contributed by atoms with Crippen LogP contribution in [0.25, 0.3) is 0 Å². The molecule has 1 aromatic carbocycles. The lowest BCUT2D eigenvalue weighted by atomic mass is 9.96. The molecule has 1 aliphatic heterocycles. The summed E-state index contributed by atoms with van der Waals surface area (Å²) in [6.07, 6.45) is 2.02. The van der Waals surface area contributed by atoms with E-state index in [1.54, 1.807) is 19.9 Å². The van der Waals surface area contributed by atoms with E-state index in [4.69, 9.17) is 0 Å². The van der Waals surface area contributed by atoms with E-state index in [-0.39, 0.29) is 5.91 Å². The summed E-state index contributed by atoms with van der Waals surface area (Å²) >= 11 is 3.38. The number of sulfonamides is 1. The van der Waals surface area contributed by atoms with Crippen LogP contribution in [0.15, 0.2) is 28.7 Å². The highest BCUT2D eigenvalue weighted by Crippen LogP contribution is 2.17. The largest absolute Gasteiger partial charge is 0.352 e. The second kappa shape index (κ2) is 9.82. The normalized spacial score (nSPS) is 16.8. The third-order valence-corrected chi connectivity index (χ3v) is 7.04. The molecule has 0 radical (unpaired) electrons. The Balaban J connectivity index is 1.66. The molecule has 2 rings (SSSR count). The molecule has 1 aliphatic rings. The number of carbonyl (C=O) groups is 1. The SMILES string of the molecule is CC(C)S(=O)(=O)NCCN1CCC(CNC(=O)c2cccc(Br)c2)CC1. The molecule has 0 bridgehead atoms. The fourth-order valence-corrected chi connectivity index (χ4v) is 4.00. The van der Waals surface area contributed by atoms with E-state index in [2.05, 4.69) is 30.9 Å². The molecule has 0 spiro atoms. The summed E-state index contributed by atoms with van der Waals surface area (Å²) in [4.78, 5) is 14.5. The number of nitrogens with zero attached hydrogens (tertiary/aromatic N) is 1. The first-order chi connectivity index (χ1) is 12.3. The topological polar surface area (TPSA) is 78.5 Å². The van der Waals surface area contributed by atoms with Crippen molar-refractivity contribution in [3.8, 4) is 0 Å². The molecule has 8 heteroatoms. The van der Waals surface area contributed by atoms with Crippen molar-refractivity contribution in [1.82, 2.24) is 14.9 Å². The Morgan fingerprint density at radius 2 is 2.00 bits per heavy atom. The lowest BCUT2D eigenvalue weighted by Crippen LogP contribution is -2.42. The van der Waals surface area contributed by atoms with Gasteiger partial charge in [-0.2, -0.15) is 0 Å². The molecule has 0 atom stereocenters. The van der Waals surface area contributed by atoms with Crippen LogP contribution < -0.4 is 10.0 Å². The van der Waals surface area contributed by atoms with Crippen molar-refractivity contribution in [2.45, 2.75) is 31.9 Å². The lowest BCUT2D eigenvalue weighted by molar-refractivity contribution is 0.0936. The van der Waals surface area contributed by atoms with E-state index in [1.165, 1.54) is 0 Å². The maximum absolute atomic E-state index is 12.2. The minimum absolute atomic E-state index is 0.0446. The number of nitrogens with one attached hydrogen (secondary N) is 2. The van der Waals surface area contributed by atoms with Gasteiger partial charge in [0.05, 0.1) is 5.25 Å². The standard InChI is InChI=1S/C18H28BrN3O3S/c1-14(2)26(24,25)21-8-11-22-9-6-15(7-10-22)13-20-18(23)16-4-3-5-17(19)12-16/h3-5,12,14-15,21H,6-11,13H2,1-2H3,(H,20,23). The minimum atomic E-state index is -3.18. The Morgan fingerprint density at radius 1 is 1.31 bits per heavy atom. The van der Waals surface area contributed by atoms with Crippen molar-refractivity contribution in [3.05, 3.63) is 34.3 Å². The van der Waals surface area contributed by atoms with Crippen LogP contribution >= 0.6 is 15.9 Å². The second-order valence-corrected chi connectivity index (χ2v) is 10.2. The Hall–Kier alpha value is -0.960. The molecule has 0 saturated carbocycles. The molecule has 26 heavy (non-hydrogen) atoms. The molecular weight excluding hydrogens is 418 g/mol.